The van der Waals surface area contributed by atoms with Crippen molar-refractivity contribution in [3.63, 3.8) is 0 Å². The topological polar surface area (TPSA) is 76.7 Å². The Morgan fingerprint density at radius 3 is 2.50 bits per heavy atom. The van der Waals surface area contributed by atoms with Crippen molar-refractivity contribution < 1.29 is 19.0 Å². The molecule has 7 heteroatoms. The lowest BCUT2D eigenvalue weighted by atomic mass is 10.1. The highest BCUT2D eigenvalue weighted by molar-refractivity contribution is 5.98. The molecule has 1 aliphatic heterocycles. The Hall–Kier alpha value is -3.22. The molecule has 1 saturated heterocycles. The number of carbonyl (C=O) groups is 1. The van der Waals surface area contributed by atoms with Crippen LogP contribution < -0.4 is 14.2 Å². The van der Waals surface area contributed by atoms with Gasteiger partial charge in [-0.2, -0.15) is 0 Å². The zero-order valence-corrected chi connectivity index (χ0v) is 16.2. The molecule has 0 unspecified atom stereocenters. The number of aromatic amines is 1. The molecule has 28 heavy (non-hydrogen) atoms. The second-order valence-corrected chi connectivity index (χ2v) is 6.70. The fourth-order valence-corrected chi connectivity index (χ4v) is 3.78. The highest BCUT2D eigenvalue weighted by Gasteiger charge is 2.34. The van der Waals surface area contributed by atoms with E-state index in [1.165, 1.54) is 0 Å². The number of carbonyl (C=O) groups excluding carboxylic acids is 1. The Morgan fingerprint density at radius 1 is 1.07 bits per heavy atom. The zero-order chi connectivity index (χ0) is 19.7. The van der Waals surface area contributed by atoms with Crippen LogP contribution in [0.2, 0.25) is 0 Å². The van der Waals surface area contributed by atoms with E-state index in [4.69, 9.17) is 19.2 Å². The molecule has 1 aromatic heterocycles. The first kappa shape index (κ1) is 18.2. The smallest absolute Gasteiger partial charge is 0.258 e. The highest BCUT2D eigenvalue weighted by Crippen LogP contribution is 2.38. The van der Waals surface area contributed by atoms with Gasteiger partial charge < -0.3 is 24.1 Å². The van der Waals surface area contributed by atoms with Crippen molar-refractivity contribution in [2.45, 2.75) is 18.9 Å². The molecule has 1 atom stereocenters. The molecule has 4 rings (SSSR count). The summed E-state index contributed by atoms with van der Waals surface area (Å²) in [5.74, 6) is 2.17. The SMILES string of the molecule is COc1cc(OC)c(C(=O)N2CCC[C@@H]2c2nc3ccccc3[nH]2)cc1OC. The average Bonchev–Trinajstić information content (AvgIpc) is 3.38. The van der Waals surface area contributed by atoms with Crippen molar-refractivity contribution in [1.29, 1.82) is 0 Å². The summed E-state index contributed by atoms with van der Waals surface area (Å²) in [6.45, 7) is 0.665. The number of aromatic nitrogens is 2. The lowest BCUT2D eigenvalue weighted by molar-refractivity contribution is 0.0726. The number of hydrogen-bond acceptors (Lipinski definition) is 5. The van der Waals surface area contributed by atoms with Crippen LogP contribution in [0.15, 0.2) is 36.4 Å². The van der Waals surface area contributed by atoms with Crippen LogP contribution >= 0.6 is 0 Å². The minimum absolute atomic E-state index is 0.0993. The van der Waals surface area contributed by atoms with E-state index in [0.29, 0.717) is 29.4 Å². The summed E-state index contributed by atoms with van der Waals surface area (Å²) in [6, 6.07) is 11.1. The number of ether oxygens (including phenoxy) is 3. The van der Waals surface area contributed by atoms with Gasteiger partial charge >= 0.3 is 0 Å². The second kappa shape index (κ2) is 7.42. The van der Waals surface area contributed by atoms with Crippen LogP contribution in [0.4, 0.5) is 0 Å². The monoisotopic (exact) mass is 381 g/mol. The molecule has 0 radical (unpaired) electrons. The van der Waals surface area contributed by atoms with Crippen molar-refractivity contribution in [3.8, 4) is 17.2 Å². The highest BCUT2D eigenvalue weighted by atomic mass is 16.5. The third-order valence-electron chi connectivity index (χ3n) is 5.17. The Balaban J connectivity index is 1.70. The first-order valence-electron chi connectivity index (χ1n) is 9.22. The summed E-state index contributed by atoms with van der Waals surface area (Å²) in [4.78, 5) is 23.3. The van der Waals surface area contributed by atoms with Gasteiger partial charge in [0.05, 0.1) is 44.0 Å². The van der Waals surface area contributed by atoms with Gasteiger partial charge in [-0.15, -0.1) is 0 Å². The van der Waals surface area contributed by atoms with Gasteiger partial charge in [-0.25, -0.2) is 4.98 Å². The van der Waals surface area contributed by atoms with Crippen LogP contribution in [0.3, 0.4) is 0 Å². The van der Waals surface area contributed by atoms with Crippen molar-refractivity contribution >= 4 is 16.9 Å². The minimum Gasteiger partial charge on any atom is -0.496 e. The van der Waals surface area contributed by atoms with E-state index in [1.807, 2.05) is 29.2 Å². The Morgan fingerprint density at radius 2 is 1.79 bits per heavy atom. The molecule has 2 heterocycles. The van der Waals surface area contributed by atoms with Gasteiger partial charge in [0.25, 0.3) is 5.91 Å². The fraction of sp³-hybridized carbons (Fsp3) is 0.333. The third kappa shape index (κ3) is 3.02. The summed E-state index contributed by atoms with van der Waals surface area (Å²) in [5, 5.41) is 0. The van der Waals surface area contributed by atoms with Crippen molar-refractivity contribution in [2.24, 2.45) is 0 Å². The molecule has 3 aromatic rings. The molecule has 0 spiro atoms. The molecule has 2 aromatic carbocycles. The Bertz CT molecular complexity index is 981. The van der Waals surface area contributed by atoms with Crippen LogP contribution in [-0.2, 0) is 0 Å². The van der Waals surface area contributed by atoms with Crippen molar-refractivity contribution in [3.05, 3.63) is 47.8 Å². The molecule has 0 saturated carbocycles. The van der Waals surface area contributed by atoms with Crippen LogP contribution in [0.5, 0.6) is 17.2 Å². The van der Waals surface area contributed by atoms with E-state index < -0.39 is 0 Å². The molecule has 0 bridgehead atoms. The molecule has 1 aliphatic rings. The lowest BCUT2D eigenvalue weighted by Gasteiger charge is -2.24. The van der Waals surface area contributed by atoms with E-state index in [9.17, 15) is 4.79 Å². The van der Waals surface area contributed by atoms with Crippen LogP contribution in [0.25, 0.3) is 11.0 Å². The Labute approximate surface area is 163 Å². The molecule has 1 fully saturated rings. The fourth-order valence-electron chi connectivity index (χ4n) is 3.78. The number of likely N-dealkylation sites (tertiary alicyclic amines) is 1. The van der Waals surface area contributed by atoms with Crippen molar-refractivity contribution in [2.75, 3.05) is 27.9 Å². The summed E-state index contributed by atoms with van der Waals surface area (Å²) in [5.41, 5.74) is 2.32. The number of amides is 1. The molecule has 7 nitrogen and oxygen atoms in total. The number of rotatable bonds is 5. The molecular formula is C21H23N3O4. The standard InChI is InChI=1S/C21H23N3O4/c1-26-17-12-19(28-3)18(27-2)11-13(17)21(25)24-10-6-9-16(24)20-22-14-7-4-5-8-15(14)23-20/h4-5,7-8,11-12,16H,6,9-10H2,1-3H3,(H,22,23)/t16-/m1/s1. The summed E-state index contributed by atoms with van der Waals surface area (Å²) in [7, 11) is 4.64. The molecule has 146 valence electrons. The maximum Gasteiger partial charge on any atom is 0.258 e. The number of hydrogen-bond donors (Lipinski definition) is 1. The first-order valence-corrected chi connectivity index (χ1v) is 9.22. The normalized spacial score (nSPS) is 16.4. The van der Waals surface area contributed by atoms with Gasteiger partial charge in [0, 0.05) is 18.7 Å². The van der Waals surface area contributed by atoms with Gasteiger partial charge in [-0.1, -0.05) is 12.1 Å². The number of benzene rings is 2. The van der Waals surface area contributed by atoms with Gasteiger partial charge in [0.15, 0.2) is 11.5 Å². The van der Waals surface area contributed by atoms with E-state index in [0.717, 1.165) is 29.7 Å². The lowest BCUT2D eigenvalue weighted by Crippen LogP contribution is -2.31. The predicted octanol–water partition coefficient (Wildman–Crippen LogP) is 3.57. The number of H-pyrrole nitrogens is 1. The number of nitrogens with one attached hydrogen (secondary N) is 1. The molecule has 1 amide bonds. The maximum absolute atomic E-state index is 13.4. The van der Waals surface area contributed by atoms with Gasteiger partial charge in [-0.05, 0) is 25.0 Å². The molecular weight excluding hydrogens is 358 g/mol. The quantitative estimate of drug-likeness (QED) is 0.731. The second-order valence-electron chi connectivity index (χ2n) is 6.70. The number of para-hydroxylation sites is 2. The van der Waals surface area contributed by atoms with E-state index >= 15 is 0 Å². The van der Waals surface area contributed by atoms with Gasteiger partial charge in [0.1, 0.15) is 11.6 Å². The summed E-state index contributed by atoms with van der Waals surface area (Å²) in [6.07, 6.45) is 1.78. The number of methoxy groups -OCH3 is 3. The Kier molecular flexibility index (Phi) is 4.81. The number of imidazole rings is 1. The summed E-state index contributed by atoms with van der Waals surface area (Å²) >= 11 is 0. The van der Waals surface area contributed by atoms with E-state index in [1.54, 1.807) is 33.5 Å². The van der Waals surface area contributed by atoms with E-state index in [-0.39, 0.29) is 11.9 Å². The van der Waals surface area contributed by atoms with Crippen LogP contribution in [0.1, 0.15) is 35.1 Å². The predicted molar refractivity (Wildman–Crippen MR) is 105 cm³/mol. The largest absolute Gasteiger partial charge is 0.496 e. The molecule has 1 N–H and O–H groups in total. The minimum atomic E-state index is -0.110. The number of fused-ring (bicyclic) bond motifs is 1. The molecule has 0 aliphatic carbocycles. The van der Waals surface area contributed by atoms with Gasteiger partial charge in [0.2, 0.25) is 0 Å². The summed E-state index contributed by atoms with van der Waals surface area (Å²) < 4.78 is 16.1. The third-order valence-corrected chi connectivity index (χ3v) is 5.17. The number of nitrogens with zero attached hydrogens (tertiary/aromatic N) is 2. The van der Waals surface area contributed by atoms with E-state index in [2.05, 4.69) is 4.98 Å². The first-order chi connectivity index (χ1) is 13.7. The zero-order valence-electron chi connectivity index (χ0n) is 16.2. The van der Waals surface area contributed by atoms with Gasteiger partial charge in [-0.3, -0.25) is 4.79 Å². The maximum atomic E-state index is 13.4. The van der Waals surface area contributed by atoms with Crippen LogP contribution in [0, 0.1) is 0 Å². The van der Waals surface area contributed by atoms with Crippen LogP contribution in [-0.4, -0.2) is 48.6 Å². The average molecular weight is 381 g/mol. The van der Waals surface area contributed by atoms with Crippen molar-refractivity contribution in [1.82, 2.24) is 14.9 Å².